The molecule has 1 aromatic carbocycles. The van der Waals surface area contributed by atoms with E-state index in [1.807, 2.05) is 6.07 Å². The minimum Gasteiger partial charge on any atom is -0.459 e. The molecule has 0 radical (unpaired) electrons. The minimum atomic E-state index is 0.278. The molecule has 0 spiro atoms. The molecule has 0 aliphatic heterocycles. The Balaban J connectivity index is 1.82. The van der Waals surface area contributed by atoms with Crippen LogP contribution < -0.4 is 5.32 Å². The quantitative estimate of drug-likeness (QED) is 0.865. The zero-order valence-electron chi connectivity index (χ0n) is 12.9. The van der Waals surface area contributed by atoms with E-state index in [2.05, 4.69) is 51.2 Å². The maximum Gasteiger partial charge on any atom is 0.134 e. The molecule has 4 atom stereocenters. The van der Waals surface area contributed by atoms with E-state index in [-0.39, 0.29) is 6.04 Å². The van der Waals surface area contributed by atoms with Gasteiger partial charge in [-0.05, 0) is 50.2 Å². The molecule has 1 saturated carbocycles. The van der Waals surface area contributed by atoms with E-state index >= 15 is 0 Å². The Kier molecular flexibility index (Phi) is 3.59. The van der Waals surface area contributed by atoms with Crippen LogP contribution in [0.25, 0.3) is 11.0 Å². The second-order valence-electron chi connectivity index (χ2n) is 6.50. The average molecular weight is 271 g/mol. The first-order valence-corrected chi connectivity index (χ1v) is 7.82. The Morgan fingerprint density at radius 2 is 1.95 bits per heavy atom. The van der Waals surface area contributed by atoms with E-state index in [9.17, 15) is 0 Å². The third-order valence-electron chi connectivity index (χ3n) is 5.20. The van der Waals surface area contributed by atoms with Gasteiger partial charge in [-0.3, -0.25) is 0 Å². The molecule has 1 aromatic heterocycles. The molecule has 0 bridgehead atoms. The number of fused-ring (bicyclic) bond motifs is 1. The normalized spacial score (nSPS) is 28.1. The van der Waals surface area contributed by atoms with E-state index in [0.29, 0.717) is 6.04 Å². The van der Waals surface area contributed by atoms with E-state index < -0.39 is 0 Å². The van der Waals surface area contributed by atoms with Crippen LogP contribution in [0, 0.1) is 18.8 Å². The highest BCUT2D eigenvalue weighted by Gasteiger charge is 2.31. The number of benzene rings is 1. The highest BCUT2D eigenvalue weighted by molar-refractivity contribution is 5.82. The lowest BCUT2D eigenvalue weighted by molar-refractivity contribution is 0.327. The summed E-state index contributed by atoms with van der Waals surface area (Å²) >= 11 is 0. The van der Waals surface area contributed by atoms with Gasteiger partial charge >= 0.3 is 0 Å². The molecule has 20 heavy (non-hydrogen) atoms. The van der Waals surface area contributed by atoms with Gasteiger partial charge in [0.05, 0.1) is 6.04 Å². The van der Waals surface area contributed by atoms with E-state index in [4.69, 9.17) is 4.42 Å². The SMILES string of the molecule is Cc1c(C(C)NC2CCC(C)C2C)oc2ccccc12. The van der Waals surface area contributed by atoms with Crippen molar-refractivity contribution in [1.29, 1.82) is 0 Å². The molecular weight excluding hydrogens is 246 g/mol. The van der Waals surface area contributed by atoms with Crippen molar-refractivity contribution in [2.24, 2.45) is 11.8 Å². The lowest BCUT2D eigenvalue weighted by Crippen LogP contribution is -2.34. The molecule has 1 N–H and O–H groups in total. The molecule has 1 fully saturated rings. The maximum absolute atomic E-state index is 6.07. The summed E-state index contributed by atoms with van der Waals surface area (Å²) in [5.41, 5.74) is 2.28. The van der Waals surface area contributed by atoms with Gasteiger partial charge in [-0.1, -0.05) is 32.0 Å². The summed E-state index contributed by atoms with van der Waals surface area (Å²) in [6.45, 7) is 9.12. The van der Waals surface area contributed by atoms with Gasteiger partial charge in [0, 0.05) is 11.4 Å². The third-order valence-corrected chi connectivity index (χ3v) is 5.20. The fourth-order valence-electron chi connectivity index (χ4n) is 3.60. The number of rotatable bonds is 3. The number of hydrogen-bond donors (Lipinski definition) is 1. The molecule has 1 aliphatic rings. The monoisotopic (exact) mass is 271 g/mol. The summed E-state index contributed by atoms with van der Waals surface area (Å²) < 4.78 is 6.07. The summed E-state index contributed by atoms with van der Waals surface area (Å²) in [4.78, 5) is 0. The van der Waals surface area contributed by atoms with Gasteiger partial charge in [0.15, 0.2) is 0 Å². The summed E-state index contributed by atoms with van der Waals surface area (Å²) in [6, 6.07) is 9.21. The van der Waals surface area contributed by atoms with Crippen LogP contribution >= 0.6 is 0 Å². The van der Waals surface area contributed by atoms with Gasteiger partial charge in [-0.15, -0.1) is 0 Å². The molecule has 3 rings (SSSR count). The molecule has 2 aromatic rings. The van der Waals surface area contributed by atoms with Crippen LogP contribution in [0.1, 0.15) is 51.0 Å². The molecule has 0 amide bonds. The Bertz CT molecular complexity index is 600. The lowest BCUT2D eigenvalue weighted by Gasteiger charge is -2.23. The number of aryl methyl sites for hydroxylation is 1. The van der Waals surface area contributed by atoms with Crippen molar-refractivity contribution in [1.82, 2.24) is 5.32 Å². The molecule has 2 heteroatoms. The first-order chi connectivity index (χ1) is 9.58. The smallest absolute Gasteiger partial charge is 0.134 e. The Morgan fingerprint density at radius 3 is 2.60 bits per heavy atom. The predicted octanol–water partition coefficient (Wildman–Crippen LogP) is 4.83. The number of nitrogens with one attached hydrogen (secondary N) is 1. The van der Waals surface area contributed by atoms with Crippen LogP contribution in [0.3, 0.4) is 0 Å². The first kappa shape index (κ1) is 13.7. The van der Waals surface area contributed by atoms with Crippen molar-refractivity contribution in [3.05, 3.63) is 35.6 Å². The van der Waals surface area contributed by atoms with Crippen LogP contribution in [0.5, 0.6) is 0 Å². The zero-order chi connectivity index (χ0) is 14.3. The molecule has 0 saturated heterocycles. The highest BCUT2D eigenvalue weighted by atomic mass is 16.3. The first-order valence-electron chi connectivity index (χ1n) is 7.82. The predicted molar refractivity (Wildman–Crippen MR) is 83.9 cm³/mol. The van der Waals surface area contributed by atoms with Crippen molar-refractivity contribution in [2.75, 3.05) is 0 Å². The number of hydrogen-bond acceptors (Lipinski definition) is 2. The van der Waals surface area contributed by atoms with Gasteiger partial charge in [0.2, 0.25) is 0 Å². The molecular formula is C18H25NO. The lowest BCUT2D eigenvalue weighted by atomic mass is 9.97. The summed E-state index contributed by atoms with van der Waals surface area (Å²) in [7, 11) is 0. The number of para-hydroxylation sites is 1. The van der Waals surface area contributed by atoms with Gasteiger partial charge in [0.1, 0.15) is 11.3 Å². The molecule has 1 heterocycles. The second-order valence-corrected chi connectivity index (χ2v) is 6.50. The largest absolute Gasteiger partial charge is 0.459 e. The standard InChI is InChI=1S/C18H25NO/c1-11-9-10-16(12(11)2)19-14(4)18-13(3)15-7-5-6-8-17(15)20-18/h5-8,11-12,14,16,19H,9-10H2,1-4H3. The number of furan rings is 1. The Hall–Kier alpha value is -1.28. The van der Waals surface area contributed by atoms with Gasteiger partial charge in [0.25, 0.3) is 0 Å². The van der Waals surface area contributed by atoms with Gasteiger partial charge < -0.3 is 9.73 Å². The molecule has 2 nitrogen and oxygen atoms in total. The molecule has 4 unspecified atom stereocenters. The fourth-order valence-corrected chi connectivity index (χ4v) is 3.60. The van der Waals surface area contributed by atoms with Crippen LogP contribution in [0.2, 0.25) is 0 Å². The summed E-state index contributed by atoms with van der Waals surface area (Å²) in [5.74, 6) is 2.68. The third kappa shape index (κ3) is 2.26. The van der Waals surface area contributed by atoms with Crippen molar-refractivity contribution in [3.63, 3.8) is 0 Å². The average Bonchev–Trinajstić information content (AvgIpc) is 2.94. The fraction of sp³-hybridized carbons (Fsp3) is 0.556. The van der Waals surface area contributed by atoms with Crippen molar-refractivity contribution < 1.29 is 4.42 Å². The van der Waals surface area contributed by atoms with Crippen molar-refractivity contribution >= 4 is 11.0 Å². The van der Waals surface area contributed by atoms with E-state index in [1.54, 1.807) is 0 Å². The van der Waals surface area contributed by atoms with Crippen LogP contribution in [0.4, 0.5) is 0 Å². The Labute approximate surface area is 121 Å². The van der Waals surface area contributed by atoms with Crippen molar-refractivity contribution in [3.8, 4) is 0 Å². The topological polar surface area (TPSA) is 25.2 Å². The second kappa shape index (κ2) is 5.25. The van der Waals surface area contributed by atoms with E-state index in [0.717, 1.165) is 23.2 Å². The van der Waals surface area contributed by atoms with Gasteiger partial charge in [-0.2, -0.15) is 0 Å². The van der Waals surface area contributed by atoms with Crippen LogP contribution in [-0.4, -0.2) is 6.04 Å². The molecule has 1 aliphatic carbocycles. The highest BCUT2D eigenvalue weighted by Crippen LogP contribution is 2.34. The maximum atomic E-state index is 6.07. The van der Waals surface area contributed by atoms with Gasteiger partial charge in [-0.25, -0.2) is 0 Å². The Morgan fingerprint density at radius 1 is 1.20 bits per heavy atom. The minimum absolute atomic E-state index is 0.278. The van der Waals surface area contributed by atoms with Crippen LogP contribution in [-0.2, 0) is 0 Å². The summed E-state index contributed by atoms with van der Waals surface area (Å²) in [6.07, 6.45) is 2.62. The van der Waals surface area contributed by atoms with E-state index in [1.165, 1.54) is 23.8 Å². The summed E-state index contributed by atoms with van der Waals surface area (Å²) in [5, 5.41) is 5.02. The molecule has 108 valence electrons. The zero-order valence-corrected chi connectivity index (χ0v) is 12.9. The van der Waals surface area contributed by atoms with Crippen LogP contribution in [0.15, 0.2) is 28.7 Å². The van der Waals surface area contributed by atoms with Crippen molar-refractivity contribution in [2.45, 2.75) is 52.6 Å².